The maximum absolute atomic E-state index is 13.0. The van der Waals surface area contributed by atoms with Gasteiger partial charge in [0.15, 0.2) is 17.5 Å². The van der Waals surface area contributed by atoms with Crippen LogP contribution in [0, 0.1) is 23.7 Å². The zero-order chi connectivity index (χ0) is 48.1. The molecule has 10 aromatic carbocycles. The largest absolute Gasteiger partial charge is 0.319 e. The number of benzene rings is 10. The third-order valence-corrected chi connectivity index (χ3v) is 18.6. The van der Waals surface area contributed by atoms with Gasteiger partial charge in [-0.25, -0.2) is 15.0 Å². The molecule has 0 radical (unpaired) electrons. The molecule has 0 amide bonds. The van der Waals surface area contributed by atoms with Crippen molar-refractivity contribution in [1.82, 2.24) is 15.0 Å². The maximum atomic E-state index is 13.0. The first-order valence-corrected chi connectivity index (χ1v) is 28.4. The van der Waals surface area contributed by atoms with Crippen LogP contribution < -0.4 is 5.30 Å². The SMILES string of the molecule is CP(C)(=O)c1ccc(-c2c3ccccc3c(-c3ccc(C4(c5ccc(-c6nc(-c7ccccc7)nc(-c7c8ccccc8cc8ccccc78)n6)cc5)C5CC6CC(C5)CC4C6)cc3)c3ccccc23)cc1. The number of aromatic nitrogens is 3. The van der Waals surface area contributed by atoms with E-state index in [2.05, 4.69) is 200 Å². The predicted molar refractivity (Wildman–Crippen MR) is 300 cm³/mol. The summed E-state index contributed by atoms with van der Waals surface area (Å²) in [5, 5.41) is 10.4. The minimum absolute atomic E-state index is 0.0904. The number of hydrogen-bond acceptors (Lipinski definition) is 4. The second kappa shape index (κ2) is 16.8. The quantitative estimate of drug-likeness (QED) is 0.112. The molecule has 0 N–H and O–H groups in total. The topological polar surface area (TPSA) is 55.7 Å². The summed E-state index contributed by atoms with van der Waals surface area (Å²) in [6.07, 6.45) is 6.56. The highest BCUT2D eigenvalue weighted by Crippen LogP contribution is 2.65. The van der Waals surface area contributed by atoms with Crippen molar-refractivity contribution in [3.05, 3.63) is 217 Å². The Morgan fingerprint density at radius 1 is 0.375 bits per heavy atom. The van der Waals surface area contributed by atoms with Gasteiger partial charge in [-0.2, -0.15) is 0 Å². The third-order valence-electron chi connectivity index (χ3n) is 17.1. The summed E-state index contributed by atoms with van der Waals surface area (Å²) < 4.78 is 13.0. The Morgan fingerprint density at radius 3 is 1.21 bits per heavy atom. The molecule has 72 heavy (non-hydrogen) atoms. The first-order valence-electron chi connectivity index (χ1n) is 25.8. The lowest BCUT2D eigenvalue weighted by Gasteiger charge is -2.62. The zero-order valence-corrected chi connectivity index (χ0v) is 41.6. The molecule has 4 saturated carbocycles. The van der Waals surface area contributed by atoms with Crippen LogP contribution in [0.1, 0.15) is 43.2 Å². The van der Waals surface area contributed by atoms with E-state index in [4.69, 9.17) is 15.0 Å². The second-order valence-electron chi connectivity index (χ2n) is 21.4. The fourth-order valence-corrected chi connectivity index (χ4v) is 15.0. The van der Waals surface area contributed by atoms with Crippen molar-refractivity contribution < 1.29 is 4.57 Å². The number of hydrogen-bond donors (Lipinski definition) is 0. The van der Waals surface area contributed by atoms with Gasteiger partial charge in [-0.1, -0.05) is 200 Å². The van der Waals surface area contributed by atoms with Gasteiger partial charge in [-0.05, 0) is 152 Å². The van der Waals surface area contributed by atoms with E-state index in [9.17, 15) is 4.57 Å². The summed E-state index contributed by atoms with van der Waals surface area (Å²) in [5.41, 5.74) is 10.6. The number of nitrogens with zero attached hydrogens (tertiary/aromatic N) is 3. The number of fused-ring (bicyclic) bond motifs is 4. The van der Waals surface area contributed by atoms with Crippen molar-refractivity contribution in [2.24, 2.45) is 23.7 Å². The zero-order valence-electron chi connectivity index (χ0n) is 40.7. The predicted octanol–water partition coefficient (Wildman–Crippen LogP) is 16.8. The van der Waals surface area contributed by atoms with Crippen molar-refractivity contribution >= 4 is 55.5 Å². The van der Waals surface area contributed by atoms with Crippen molar-refractivity contribution in [2.45, 2.75) is 37.5 Å². The molecule has 0 atom stereocenters. The molecule has 348 valence electrons. The summed E-state index contributed by atoms with van der Waals surface area (Å²) in [6, 6.07) is 75.2. The Balaban J connectivity index is 0.895. The van der Waals surface area contributed by atoms with Gasteiger partial charge in [0.05, 0.1) is 0 Å². The van der Waals surface area contributed by atoms with Gasteiger partial charge in [0.1, 0.15) is 7.14 Å². The average Bonchev–Trinajstić information content (AvgIpc) is 3.42. The Morgan fingerprint density at radius 2 is 0.750 bits per heavy atom. The molecule has 15 rings (SSSR count). The van der Waals surface area contributed by atoms with E-state index < -0.39 is 7.14 Å². The van der Waals surface area contributed by atoms with Crippen molar-refractivity contribution in [3.8, 4) is 56.4 Å². The molecular formula is C67H54N3OP. The minimum atomic E-state index is -2.38. The van der Waals surface area contributed by atoms with Crippen LogP contribution in [0.15, 0.2) is 206 Å². The van der Waals surface area contributed by atoms with Crippen molar-refractivity contribution in [1.29, 1.82) is 0 Å². The lowest BCUT2D eigenvalue weighted by atomic mass is 9.42. The Bertz CT molecular complexity index is 3830. The van der Waals surface area contributed by atoms with Crippen LogP contribution in [0.25, 0.3) is 99.5 Å². The fraction of sp³-hybridized carbons (Fsp3) is 0.179. The maximum Gasteiger partial charge on any atom is 0.165 e. The smallest absolute Gasteiger partial charge is 0.165 e. The summed E-state index contributed by atoms with van der Waals surface area (Å²) >= 11 is 0. The molecule has 0 unspecified atom stereocenters. The van der Waals surface area contributed by atoms with Crippen LogP contribution in [0.3, 0.4) is 0 Å². The van der Waals surface area contributed by atoms with Crippen LogP contribution in [0.4, 0.5) is 0 Å². The van der Waals surface area contributed by atoms with Gasteiger partial charge in [-0.15, -0.1) is 0 Å². The standard InChI is InChI=1S/C67H54N3OP/c1-72(2,71)54-34-28-45(29-35-54)62-59-22-12-10-20-57(59)61(58-21-11-13-23-60(58)62)44-24-30-50(31-25-44)67(52-37-42-36-43(39-52)40-53(67)38-42)51-32-26-47(27-33-51)65-68-64(46-14-4-3-5-15-46)69-66(70-65)63-55-18-8-6-16-48(55)41-49-17-7-9-19-56(49)63/h3-35,41-43,52-53H,36-40H2,1-2H3. The first-order chi connectivity index (χ1) is 35.3. The van der Waals surface area contributed by atoms with Crippen LogP contribution in [-0.4, -0.2) is 28.3 Å². The third kappa shape index (κ3) is 6.94. The van der Waals surface area contributed by atoms with Gasteiger partial charge in [0.2, 0.25) is 0 Å². The summed E-state index contributed by atoms with van der Waals surface area (Å²) in [6.45, 7) is 3.69. The number of rotatable bonds is 8. The molecule has 4 aliphatic carbocycles. The van der Waals surface area contributed by atoms with Crippen molar-refractivity contribution in [2.75, 3.05) is 13.3 Å². The van der Waals surface area contributed by atoms with E-state index in [0.717, 1.165) is 60.9 Å². The van der Waals surface area contributed by atoms with E-state index in [1.54, 1.807) is 0 Å². The highest BCUT2D eigenvalue weighted by molar-refractivity contribution is 7.70. The van der Waals surface area contributed by atoms with Gasteiger partial charge >= 0.3 is 0 Å². The molecule has 4 bridgehead atoms. The van der Waals surface area contributed by atoms with Gasteiger partial charge < -0.3 is 4.57 Å². The minimum Gasteiger partial charge on any atom is -0.319 e. The highest BCUT2D eigenvalue weighted by atomic mass is 31.2. The Labute approximate surface area is 421 Å². The lowest BCUT2D eigenvalue weighted by molar-refractivity contribution is -0.0418. The monoisotopic (exact) mass is 947 g/mol. The molecule has 4 fully saturated rings. The second-order valence-corrected chi connectivity index (χ2v) is 24.7. The fourth-order valence-electron chi connectivity index (χ4n) is 14.2. The molecule has 0 saturated heterocycles. The Kier molecular flexibility index (Phi) is 10.1. The molecule has 0 spiro atoms. The van der Waals surface area contributed by atoms with E-state index >= 15 is 0 Å². The van der Waals surface area contributed by atoms with Gasteiger partial charge in [0.25, 0.3) is 0 Å². The van der Waals surface area contributed by atoms with Crippen LogP contribution in [0.2, 0.25) is 0 Å². The van der Waals surface area contributed by atoms with Gasteiger partial charge in [0, 0.05) is 27.4 Å². The van der Waals surface area contributed by atoms with E-state index in [-0.39, 0.29) is 5.41 Å². The lowest BCUT2D eigenvalue weighted by Crippen LogP contribution is -2.56. The van der Waals surface area contributed by atoms with E-state index in [1.165, 1.54) is 81.5 Å². The molecule has 5 heteroatoms. The van der Waals surface area contributed by atoms with Crippen LogP contribution in [0.5, 0.6) is 0 Å². The normalized spacial score (nSPS) is 20.5. The molecular weight excluding hydrogens is 894 g/mol. The molecule has 1 aromatic heterocycles. The van der Waals surface area contributed by atoms with Crippen LogP contribution >= 0.6 is 7.14 Å². The molecule has 11 aromatic rings. The summed E-state index contributed by atoms with van der Waals surface area (Å²) in [7, 11) is -2.38. The van der Waals surface area contributed by atoms with E-state index in [1.807, 2.05) is 19.4 Å². The Hall–Kier alpha value is -7.52. The molecule has 1 heterocycles. The molecule has 4 nitrogen and oxygen atoms in total. The summed E-state index contributed by atoms with van der Waals surface area (Å²) in [4.78, 5) is 15.9. The van der Waals surface area contributed by atoms with Crippen molar-refractivity contribution in [3.63, 3.8) is 0 Å². The summed E-state index contributed by atoms with van der Waals surface area (Å²) in [5.74, 6) is 4.85. The van der Waals surface area contributed by atoms with E-state index in [0.29, 0.717) is 29.3 Å². The van der Waals surface area contributed by atoms with Crippen LogP contribution in [-0.2, 0) is 9.98 Å². The first kappa shape index (κ1) is 43.3. The average molecular weight is 948 g/mol. The van der Waals surface area contributed by atoms with Gasteiger partial charge in [-0.3, -0.25) is 0 Å². The molecule has 0 aliphatic heterocycles. The molecule has 4 aliphatic rings. The highest BCUT2D eigenvalue weighted by Gasteiger charge is 2.58.